The van der Waals surface area contributed by atoms with E-state index in [1.165, 1.54) is 12.5 Å². The monoisotopic (exact) mass is 546 g/mol. The Bertz CT molecular complexity index is 929. The lowest BCUT2D eigenvalue weighted by molar-refractivity contribution is -0.133. The standard InChI is InChI=1S/C8H8.2C7H12O2.C5H8O2.C4H6O2/c1-2-8-6-4-3-5-7-8;1-5(2)4-6(3)7(8)9;1-3-4-5-6(2)7(8)9;1-3-4(2)5(6)7;1-3(2)4(5)6/h2-7H,1H2;5H,3-4H2,1-2H3,(H,8,9);2-5H2,1H3,(H,8,9);2-3H2,1H3,(H,6,7);1H2,2H3,(H,5,6). The molecule has 1 aromatic rings. The third-order valence-corrected chi connectivity index (χ3v) is 4.22. The molecule has 8 nitrogen and oxygen atoms in total. The molecule has 1 aromatic carbocycles. The van der Waals surface area contributed by atoms with Crippen molar-refractivity contribution >= 4 is 30.0 Å². The summed E-state index contributed by atoms with van der Waals surface area (Å²) in [5.41, 5.74) is 2.23. The second-order valence-electron chi connectivity index (χ2n) is 8.48. The minimum atomic E-state index is -0.935. The van der Waals surface area contributed by atoms with Crippen molar-refractivity contribution in [1.29, 1.82) is 0 Å². The molecule has 4 N–H and O–H groups in total. The van der Waals surface area contributed by atoms with Crippen LogP contribution in [0.2, 0.25) is 0 Å². The van der Waals surface area contributed by atoms with E-state index in [2.05, 4.69) is 32.9 Å². The SMILES string of the molecule is C=C(C)C(=O)O.C=C(CC(C)C)C(=O)O.C=C(CC)C(=O)O.C=C(CCCC)C(=O)O.C=Cc1ccccc1. The van der Waals surface area contributed by atoms with E-state index >= 15 is 0 Å². The fourth-order valence-electron chi connectivity index (χ4n) is 1.82. The molecular weight excluding hydrogens is 500 g/mol. The van der Waals surface area contributed by atoms with Crippen molar-refractivity contribution in [2.24, 2.45) is 5.92 Å². The molecule has 0 radical (unpaired) electrons. The van der Waals surface area contributed by atoms with Crippen molar-refractivity contribution in [3.63, 3.8) is 0 Å². The van der Waals surface area contributed by atoms with Crippen LogP contribution in [0, 0.1) is 5.92 Å². The first kappa shape index (κ1) is 41.9. The molecule has 0 saturated heterocycles. The maximum atomic E-state index is 10.1. The smallest absolute Gasteiger partial charge is 0.330 e. The van der Waals surface area contributed by atoms with E-state index in [-0.39, 0.29) is 11.1 Å². The number of benzene rings is 1. The van der Waals surface area contributed by atoms with Gasteiger partial charge in [-0.1, -0.05) is 103 Å². The van der Waals surface area contributed by atoms with Crippen LogP contribution >= 0.6 is 0 Å². The maximum absolute atomic E-state index is 10.1. The average Bonchev–Trinajstić information content (AvgIpc) is 2.88. The highest BCUT2D eigenvalue weighted by atomic mass is 16.4. The van der Waals surface area contributed by atoms with Crippen molar-refractivity contribution < 1.29 is 39.6 Å². The van der Waals surface area contributed by atoms with E-state index in [1.54, 1.807) is 6.92 Å². The summed E-state index contributed by atoms with van der Waals surface area (Å²) in [6.07, 6.45) is 5.49. The van der Waals surface area contributed by atoms with Crippen molar-refractivity contribution in [2.75, 3.05) is 0 Å². The van der Waals surface area contributed by atoms with Crippen LogP contribution in [0.15, 0.2) is 85.5 Å². The molecule has 0 spiro atoms. The van der Waals surface area contributed by atoms with Gasteiger partial charge >= 0.3 is 23.9 Å². The molecule has 0 atom stereocenters. The van der Waals surface area contributed by atoms with E-state index < -0.39 is 23.9 Å². The summed E-state index contributed by atoms with van der Waals surface area (Å²) in [4.78, 5) is 39.7. The molecule has 8 heteroatoms. The Labute approximate surface area is 233 Å². The van der Waals surface area contributed by atoms with E-state index in [9.17, 15) is 19.2 Å². The summed E-state index contributed by atoms with van der Waals surface area (Å²) in [6, 6.07) is 10.0. The van der Waals surface area contributed by atoms with E-state index in [4.69, 9.17) is 20.4 Å². The van der Waals surface area contributed by atoms with Gasteiger partial charge in [-0.2, -0.15) is 0 Å². The Kier molecular flexibility index (Phi) is 28.9. The Morgan fingerprint density at radius 3 is 1.36 bits per heavy atom. The van der Waals surface area contributed by atoms with Gasteiger partial charge in [0.05, 0.1) is 0 Å². The largest absolute Gasteiger partial charge is 0.478 e. The summed E-state index contributed by atoms with van der Waals surface area (Å²) >= 11 is 0. The highest BCUT2D eigenvalue weighted by molar-refractivity contribution is 5.86. The van der Waals surface area contributed by atoms with Crippen LogP contribution in [0.5, 0.6) is 0 Å². The summed E-state index contributed by atoms with van der Waals surface area (Å²) in [5.74, 6) is -3.21. The minimum absolute atomic E-state index is 0.176. The molecule has 0 aromatic heterocycles. The van der Waals surface area contributed by atoms with Crippen LogP contribution in [0.1, 0.15) is 72.3 Å². The number of hydrogen-bond acceptors (Lipinski definition) is 4. The quantitative estimate of drug-likeness (QED) is 0.208. The number of unbranched alkanes of at least 4 members (excludes halogenated alkanes) is 1. The number of carbonyl (C=O) groups is 4. The molecular formula is C31H46O8. The molecule has 0 heterocycles. The van der Waals surface area contributed by atoms with Gasteiger partial charge in [-0.05, 0) is 44.1 Å². The summed E-state index contributed by atoms with van der Waals surface area (Å²) < 4.78 is 0. The topological polar surface area (TPSA) is 149 Å². The van der Waals surface area contributed by atoms with Crippen molar-refractivity contribution in [1.82, 2.24) is 0 Å². The van der Waals surface area contributed by atoms with Gasteiger partial charge in [0.2, 0.25) is 0 Å². The second kappa shape index (κ2) is 26.9. The molecule has 0 saturated carbocycles. The first-order valence-corrected chi connectivity index (χ1v) is 12.3. The zero-order chi connectivity index (χ0) is 31.6. The van der Waals surface area contributed by atoms with Gasteiger partial charge in [0.15, 0.2) is 0 Å². The van der Waals surface area contributed by atoms with Gasteiger partial charge in [0.25, 0.3) is 0 Å². The maximum Gasteiger partial charge on any atom is 0.330 e. The molecule has 0 aliphatic rings. The molecule has 0 aliphatic carbocycles. The van der Waals surface area contributed by atoms with E-state index in [0.29, 0.717) is 36.3 Å². The molecule has 0 bridgehead atoms. The zero-order valence-electron chi connectivity index (χ0n) is 24.0. The van der Waals surface area contributed by atoms with Gasteiger partial charge in [-0.15, -0.1) is 0 Å². The summed E-state index contributed by atoms with van der Waals surface area (Å²) in [7, 11) is 0. The lowest BCUT2D eigenvalue weighted by Crippen LogP contribution is -2.01. The number of carboxylic acids is 4. The van der Waals surface area contributed by atoms with Crippen LogP contribution in [-0.2, 0) is 19.2 Å². The van der Waals surface area contributed by atoms with Gasteiger partial charge in [0, 0.05) is 22.3 Å². The fourth-order valence-corrected chi connectivity index (χ4v) is 1.82. The molecule has 0 fully saturated rings. The predicted molar refractivity (Wildman–Crippen MR) is 159 cm³/mol. The number of hydrogen-bond donors (Lipinski definition) is 4. The Balaban J connectivity index is -0.000000198. The normalized spacial score (nSPS) is 8.67. The van der Waals surface area contributed by atoms with Crippen molar-refractivity contribution in [3.05, 3.63) is 91.1 Å². The van der Waals surface area contributed by atoms with Crippen LogP contribution in [-0.4, -0.2) is 44.3 Å². The van der Waals surface area contributed by atoms with Crippen LogP contribution in [0.25, 0.3) is 6.08 Å². The zero-order valence-corrected chi connectivity index (χ0v) is 24.0. The van der Waals surface area contributed by atoms with Gasteiger partial charge in [-0.25, -0.2) is 19.2 Å². The third-order valence-electron chi connectivity index (χ3n) is 4.22. The van der Waals surface area contributed by atoms with Crippen LogP contribution in [0.4, 0.5) is 0 Å². The van der Waals surface area contributed by atoms with Crippen molar-refractivity contribution in [3.8, 4) is 0 Å². The predicted octanol–water partition coefficient (Wildman–Crippen LogP) is 7.50. The number of carboxylic acid groups (broad SMARTS) is 4. The van der Waals surface area contributed by atoms with E-state index in [0.717, 1.165) is 12.8 Å². The third kappa shape index (κ3) is 33.8. The first-order valence-electron chi connectivity index (χ1n) is 12.3. The number of aliphatic carboxylic acids is 4. The van der Waals surface area contributed by atoms with Crippen LogP contribution < -0.4 is 0 Å². The van der Waals surface area contributed by atoms with Crippen molar-refractivity contribution in [2.45, 2.75) is 66.7 Å². The minimum Gasteiger partial charge on any atom is -0.478 e. The molecule has 0 amide bonds. The average molecular weight is 547 g/mol. The first-order chi connectivity index (χ1) is 18.0. The van der Waals surface area contributed by atoms with Gasteiger partial charge < -0.3 is 20.4 Å². The highest BCUT2D eigenvalue weighted by Gasteiger charge is 2.04. The Hall–Kier alpha value is -4.20. The van der Waals surface area contributed by atoms with Crippen LogP contribution in [0.3, 0.4) is 0 Å². The molecule has 0 aliphatic heterocycles. The fraction of sp³-hybridized carbons (Fsp3) is 0.355. The van der Waals surface area contributed by atoms with E-state index in [1.807, 2.05) is 57.2 Å². The molecule has 39 heavy (non-hydrogen) atoms. The van der Waals surface area contributed by atoms with Gasteiger partial charge in [0.1, 0.15) is 0 Å². The summed E-state index contributed by atoms with van der Waals surface area (Å²) in [6.45, 7) is 26.0. The lowest BCUT2D eigenvalue weighted by Gasteiger charge is -2.01. The second-order valence-corrected chi connectivity index (χ2v) is 8.48. The Morgan fingerprint density at radius 1 is 0.769 bits per heavy atom. The Morgan fingerprint density at radius 2 is 1.18 bits per heavy atom. The molecule has 218 valence electrons. The molecule has 1 rings (SSSR count). The molecule has 0 unspecified atom stereocenters. The highest BCUT2D eigenvalue weighted by Crippen LogP contribution is 2.07. The summed E-state index contributed by atoms with van der Waals surface area (Å²) in [5, 5.41) is 32.6. The number of rotatable bonds is 11. The lowest BCUT2D eigenvalue weighted by atomic mass is 10.1. The van der Waals surface area contributed by atoms with Gasteiger partial charge in [-0.3, -0.25) is 0 Å².